The van der Waals surface area contributed by atoms with Gasteiger partial charge in [0, 0.05) is 7.05 Å². The molecule has 9 heteroatoms. The minimum absolute atomic E-state index is 0.201. The second-order valence-electron chi connectivity index (χ2n) is 4.85. The number of hydrogen-bond acceptors (Lipinski definition) is 6. The van der Waals surface area contributed by atoms with Crippen LogP contribution in [0.3, 0.4) is 0 Å². The molecule has 0 saturated heterocycles. The number of fused-ring (bicyclic) bond motifs is 1. The number of sulfonamides is 1. The summed E-state index contributed by atoms with van der Waals surface area (Å²) in [5.41, 5.74) is 1.23. The van der Waals surface area contributed by atoms with E-state index in [0.717, 1.165) is 21.6 Å². The van der Waals surface area contributed by atoms with Gasteiger partial charge in [0.1, 0.15) is 4.21 Å². The van der Waals surface area contributed by atoms with Crippen molar-refractivity contribution < 1.29 is 17.9 Å². The van der Waals surface area contributed by atoms with Gasteiger partial charge in [0.2, 0.25) is 4.80 Å². The first-order chi connectivity index (χ1) is 11.4. The molecule has 0 N–H and O–H groups in total. The lowest BCUT2D eigenvalue weighted by atomic mass is 10.2. The first kappa shape index (κ1) is 16.9. The lowest BCUT2D eigenvalue weighted by Gasteiger charge is -2.01. The van der Waals surface area contributed by atoms with Gasteiger partial charge in [-0.05, 0) is 36.6 Å². The fraction of sp³-hybridized carbons (Fsp3) is 0.200. The standard InChI is InChI=1S/C15H14N2O4S3/c1-3-21-14(18)10-6-7-11-12(9-10)23-15(17(11)2)16-24(19,20)13-5-4-8-22-13/h4-9H,3H2,1-2H3/b16-15-. The molecule has 0 saturated carbocycles. The highest BCUT2D eigenvalue weighted by Gasteiger charge is 2.15. The second kappa shape index (κ2) is 6.50. The van der Waals surface area contributed by atoms with E-state index in [4.69, 9.17) is 4.74 Å². The van der Waals surface area contributed by atoms with Crippen LogP contribution in [0.25, 0.3) is 10.2 Å². The van der Waals surface area contributed by atoms with E-state index in [2.05, 4.69) is 4.40 Å². The molecule has 0 spiro atoms. The third-order valence-corrected chi connectivity index (χ3v) is 7.12. The summed E-state index contributed by atoms with van der Waals surface area (Å²) in [6.07, 6.45) is 0. The van der Waals surface area contributed by atoms with Crippen molar-refractivity contribution in [1.29, 1.82) is 0 Å². The Balaban J connectivity index is 2.12. The maximum atomic E-state index is 12.3. The highest BCUT2D eigenvalue weighted by Crippen LogP contribution is 2.21. The number of carbonyl (C=O) groups is 1. The second-order valence-corrected chi connectivity index (χ2v) is 8.63. The number of thiophene rings is 1. The molecule has 0 atom stereocenters. The zero-order chi connectivity index (χ0) is 17.3. The molecule has 3 aromatic rings. The van der Waals surface area contributed by atoms with Crippen molar-refractivity contribution in [2.24, 2.45) is 11.4 Å². The molecular weight excluding hydrogens is 368 g/mol. The quantitative estimate of drug-likeness (QED) is 0.650. The molecule has 0 fully saturated rings. The predicted molar refractivity (Wildman–Crippen MR) is 93.8 cm³/mol. The summed E-state index contributed by atoms with van der Waals surface area (Å²) in [5, 5.41) is 1.69. The summed E-state index contributed by atoms with van der Waals surface area (Å²) in [6, 6.07) is 8.30. The van der Waals surface area contributed by atoms with Gasteiger partial charge in [0.15, 0.2) is 0 Å². The summed E-state index contributed by atoms with van der Waals surface area (Å²) in [6.45, 7) is 2.04. The lowest BCUT2D eigenvalue weighted by Crippen LogP contribution is -2.13. The normalized spacial score (nSPS) is 12.7. The SMILES string of the molecule is CCOC(=O)c1ccc2c(c1)s/c(=N\S(=O)(=O)c1cccs1)n2C. The molecule has 2 aromatic heterocycles. The molecule has 0 amide bonds. The van der Waals surface area contributed by atoms with Crippen LogP contribution in [0, 0.1) is 0 Å². The van der Waals surface area contributed by atoms with E-state index in [1.165, 1.54) is 17.4 Å². The summed E-state index contributed by atoms with van der Waals surface area (Å²) < 4.78 is 36.2. The molecule has 3 rings (SSSR count). The van der Waals surface area contributed by atoms with Crippen molar-refractivity contribution in [2.45, 2.75) is 11.1 Å². The summed E-state index contributed by atoms with van der Waals surface area (Å²) in [5.74, 6) is -0.403. The molecule has 6 nitrogen and oxygen atoms in total. The van der Waals surface area contributed by atoms with Crippen molar-refractivity contribution in [1.82, 2.24) is 4.57 Å². The average molecular weight is 382 g/mol. The number of thiazole rings is 1. The zero-order valence-corrected chi connectivity index (χ0v) is 15.4. The number of nitrogens with zero attached hydrogens (tertiary/aromatic N) is 2. The van der Waals surface area contributed by atoms with Gasteiger partial charge in [-0.2, -0.15) is 8.42 Å². The number of ether oxygens (including phenoxy) is 1. The summed E-state index contributed by atoms with van der Waals surface area (Å²) >= 11 is 2.34. The van der Waals surface area contributed by atoms with Crippen LogP contribution in [-0.4, -0.2) is 25.6 Å². The van der Waals surface area contributed by atoms with E-state index >= 15 is 0 Å². The molecule has 0 aliphatic heterocycles. The fourth-order valence-corrected chi connectivity index (χ4v) is 5.37. The largest absolute Gasteiger partial charge is 0.462 e. The highest BCUT2D eigenvalue weighted by atomic mass is 32.2. The topological polar surface area (TPSA) is 77.7 Å². The zero-order valence-electron chi connectivity index (χ0n) is 12.9. The Morgan fingerprint density at radius 1 is 1.33 bits per heavy atom. The van der Waals surface area contributed by atoms with Gasteiger partial charge in [-0.25, -0.2) is 4.79 Å². The maximum absolute atomic E-state index is 12.3. The van der Waals surface area contributed by atoms with E-state index in [1.807, 2.05) is 0 Å². The Hall–Kier alpha value is -1.97. The number of aromatic nitrogens is 1. The molecule has 1 aromatic carbocycles. The van der Waals surface area contributed by atoms with Crippen LogP contribution in [0.1, 0.15) is 17.3 Å². The Bertz CT molecular complexity index is 1060. The van der Waals surface area contributed by atoms with Crippen LogP contribution in [0.15, 0.2) is 44.3 Å². The molecule has 0 aliphatic carbocycles. The lowest BCUT2D eigenvalue weighted by molar-refractivity contribution is 0.0526. The molecule has 0 radical (unpaired) electrons. The van der Waals surface area contributed by atoms with Gasteiger partial charge in [-0.1, -0.05) is 17.4 Å². The number of carbonyl (C=O) groups excluding carboxylic acids is 1. The van der Waals surface area contributed by atoms with E-state index in [9.17, 15) is 13.2 Å². The molecule has 24 heavy (non-hydrogen) atoms. The van der Waals surface area contributed by atoms with Crippen LogP contribution in [0.2, 0.25) is 0 Å². The van der Waals surface area contributed by atoms with Crippen LogP contribution in [0.4, 0.5) is 0 Å². The minimum atomic E-state index is -3.73. The van der Waals surface area contributed by atoms with Gasteiger partial charge >= 0.3 is 5.97 Å². The van der Waals surface area contributed by atoms with E-state index < -0.39 is 16.0 Å². The van der Waals surface area contributed by atoms with Gasteiger partial charge < -0.3 is 9.30 Å². The van der Waals surface area contributed by atoms with Crippen LogP contribution < -0.4 is 4.80 Å². The van der Waals surface area contributed by atoms with Gasteiger partial charge in [-0.3, -0.25) is 0 Å². The molecule has 0 aliphatic rings. The van der Waals surface area contributed by atoms with Crippen LogP contribution in [-0.2, 0) is 21.8 Å². The summed E-state index contributed by atoms with van der Waals surface area (Å²) in [7, 11) is -1.99. The predicted octanol–water partition coefficient (Wildman–Crippen LogP) is 2.77. The maximum Gasteiger partial charge on any atom is 0.338 e. The number of hydrogen-bond donors (Lipinski definition) is 0. The number of aryl methyl sites for hydroxylation is 1. The Labute approximate surface area is 146 Å². The third-order valence-electron chi connectivity index (χ3n) is 3.27. The first-order valence-corrected chi connectivity index (χ1v) is 10.2. The highest BCUT2D eigenvalue weighted by molar-refractivity contribution is 7.92. The fourth-order valence-electron chi connectivity index (χ4n) is 2.12. The van der Waals surface area contributed by atoms with Crippen molar-refractivity contribution in [2.75, 3.05) is 6.61 Å². The van der Waals surface area contributed by atoms with Gasteiger partial charge in [0.05, 0.1) is 22.4 Å². The Morgan fingerprint density at radius 2 is 2.12 bits per heavy atom. The average Bonchev–Trinajstić information content (AvgIpc) is 3.17. The van der Waals surface area contributed by atoms with E-state index in [1.54, 1.807) is 48.2 Å². The monoisotopic (exact) mass is 382 g/mol. The molecular formula is C15H14N2O4S3. The van der Waals surface area contributed by atoms with Crippen molar-refractivity contribution >= 4 is 48.9 Å². The molecule has 0 bridgehead atoms. The van der Waals surface area contributed by atoms with Crippen molar-refractivity contribution in [3.05, 3.63) is 46.1 Å². The van der Waals surface area contributed by atoms with Crippen molar-refractivity contribution in [3.8, 4) is 0 Å². The van der Waals surface area contributed by atoms with Gasteiger partial charge in [-0.15, -0.1) is 15.7 Å². The minimum Gasteiger partial charge on any atom is -0.462 e. The first-order valence-electron chi connectivity index (χ1n) is 7.03. The number of benzene rings is 1. The molecule has 126 valence electrons. The van der Waals surface area contributed by atoms with E-state index in [-0.39, 0.29) is 4.21 Å². The van der Waals surface area contributed by atoms with E-state index in [0.29, 0.717) is 17.0 Å². The smallest absolute Gasteiger partial charge is 0.338 e. The third kappa shape index (κ3) is 3.14. The number of esters is 1. The van der Waals surface area contributed by atoms with Gasteiger partial charge in [0.25, 0.3) is 10.0 Å². The Morgan fingerprint density at radius 3 is 2.79 bits per heavy atom. The van der Waals surface area contributed by atoms with Crippen LogP contribution >= 0.6 is 22.7 Å². The summed E-state index contributed by atoms with van der Waals surface area (Å²) in [4.78, 5) is 12.2. The number of rotatable bonds is 4. The van der Waals surface area contributed by atoms with Crippen LogP contribution in [0.5, 0.6) is 0 Å². The Kier molecular flexibility index (Phi) is 4.57. The van der Waals surface area contributed by atoms with Crippen molar-refractivity contribution in [3.63, 3.8) is 0 Å². The molecule has 2 heterocycles. The molecule has 0 unspecified atom stereocenters.